The molecule has 2 aliphatic heterocycles. The summed E-state index contributed by atoms with van der Waals surface area (Å²) in [5.74, 6) is 0.554. The van der Waals surface area contributed by atoms with E-state index in [1.807, 2.05) is 29.2 Å². The van der Waals surface area contributed by atoms with Crippen LogP contribution in [0.15, 0.2) is 42.5 Å². The second kappa shape index (κ2) is 7.54. The number of fused-ring (bicyclic) bond motifs is 2. The largest absolute Gasteiger partial charge is 0.497 e. The number of hydrogen-bond donors (Lipinski definition) is 1. The van der Waals surface area contributed by atoms with Crippen LogP contribution in [0.5, 0.6) is 5.75 Å². The SMILES string of the molecule is CCN1c2cc(C(=O)Nc3cccc(OC)c3)ccc2C(=O)N2CCCCC21. The molecule has 0 aromatic heterocycles. The average Bonchev–Trinajstić information content (AvgIpc) is 2.74. The minimum atomic E-state index is -0.203. The first-order valence-corrected chi connectivity index (χ1v) is 9.79. The van der Waals surface area contributed by atoms with Crippen LogP contribution >= 0.6 is 0 Å². The summed E-state index contributed by atoms with van der Waals surface area (Å²) >= 11 is 0. The first-order chi connectivity index (χ1) is 13.6. The molecule has 0 spiro atoms. The number of anilines is 2. The summed E-state index contributed by atoms with van der Waals surface area (Å²) in [5.41, 5.74) is 2.74. The molecule has 2 aromatic rings. The van der Waals surface area contributed by atoms with Crippen LogP contribution in [0.2, 0.25) is 0 Å². The number of hydrogen-bond acceptors (Lipinski definition) is 4. The van der Waals surface area contributed by atoms with Crippen LogP contribution in [0.4, 0.5) is 11.4 Å². The maximum absolute atomic E-state index is 12.9. The maximum Gasteiger partial charge on any atom is 0.257 e. The summed E-state index contributed by atoms with van der Waals surface area (Å²) in [7, 11) is 1.59. The Morgan fingerprint density at radius 3 is 2.86 bits per heavy atom. The van der Waals surface area contributed by atoms with Crippen LogP contribution in [-0.4, -0.2) is 43.1 Å². The molecule has 0 bridgehead atoms. The molecule has 6 nitrogen and oxygen atoms in total. The number of amides is 2. The number of nitrogens with zero attached hydrogens (tertiary/aromatic N) is 2. The Kier molecular flexibility index (Phi) is 4.94. The zero-order valence-electron chi connectivity index (χ0n) is 16.3. The Labute approximate surface area is 165 Å². The number of carbonyl (C=O) groups excluding carboxylic acids is 2. The van der Waals surface area contributed by atoms with Crippen LogP contribution in [0.3, 0.4) is 0 Å². The van der Waals surface area contributed by atoms with Crippen LogP contribution in [0, 0.1) is 0 Å². The van der Waals surface area contributed by atoms with Gasteiger partial charge in [0.2, 0.25) is 0 Å². The zero-order valence-corrected chi connectivity index (χ0v) is 16.3. The van der Waals surface area contributed by atoms with Crippen molar-refractivity contribution in [3.05, 3.63) is 53.6 Å². The molecular formula is C22H25N3O3. The molecule has 1 saturated heterocycles. The molecule has 2 aromatic carbocycles. The molecule has 2 amide bonds. The van der Waals surface area contributed by atoms with Gasteiger partial charge in [-0.25, -0.2) is 0 Å². The van der Waals surface area contributed by atoms with Crippen molar-refractivity contribution >= 4 is 23.2 Å². The van der Waals surface area contributed by atoms with Crippen molar-refractivity contribution in [3.63, 3.8) is 0 Å². The third kappa shape index (κ3) is 3.19. The standard InChI is InChI=1S/C22H25N3O3/c1-3-24-19-13-15(21(26)23-16-7-6-8-17(14-16)28-2)10-11-18(19)22(27)25-12-5-4-9-20(24)25/h6-8,10-11,13-14,20H,3-5,9,12H2,1-2H3,(H,23,26). The first kappa shape index (κ1) is 18.3. The molecule has 1 fully saturated rings. The lowest BCUT2D eigenvalue weighted by atomic mass is 9.97. The van der Waals surface area contributed by atoms with Gasteiger partial charge in [0.15, 0.2) is 0 Å². The van der Waals surface area contributed by atoms with Gasteiger partial charge in [-0.1, -0.05) is 6.07 Å². The van der Waals surface area contributed by atoms with E-state index in [0.29, 0.717) is 22.6 Å². The number of rotatable bonds is 4. The van der Waals surface area contributed by atoms with Gasteiger partial charge in [-0.05, 0) is 56.5 Å². The fourth-order valence-corrected chi connectivity index (χ4v) is 4.17. The van der Waals surface area contributed by atoms with Crippen LogP contribution in [0.1, 0.15) is 46.9 Å². The third-order valence-electron chi connectivity index (χ3n) is 5.56. The van der Waals surface area contributed by atoms with Gasteiger partial charge in [0, 0.05) is 30.4 Å². The summed E-state index contributed by atoms with van der Waals surface area (Å²) < 4.78 is 5.21. The molecule has 1 atom stereocenters. The Balaban J connectivity index is 1.64. The van der Waals surface area contributed by atoms with Gasteiger partial charge in [-0.2, -0.15) is 0 Å². The normalized spacial score (nSPS) is 18.4. The molecule has 2 aliphatic rings. The highest BCUT2D eigenvalue weighted by Gasteiger charge is 2.38. The fourth-order valence-electron chi connectivity index (χ4n) is 4.17. The Morgan fingerprint density at radius 1 is 1.21 bits per heavy atom. The molecule has 0 saturated carbocycles. The van der Waals surface area contributed by atoms with Gasteiger partial charge in [0.25, 0.3) is 11.8 Å². The molecule has 0 radical (unpaired) electrons. The van der Waals surface area contributed by atoms with Crippen LogP contribution in [0.25, 0.3) is 0 Å². The van der Waals surface area contributed by atoms with Crippen molar-refractivity contribution in [2.45, 2.75) is 32.4 Å². The number of benzene rings is 2. The molecule has 2 heterocycles. The van der Waals surface area contributed by atoms with Crippen molar-refractivity contribution < 1.29 is 14.3 Å². The highest BCUT2D eigenvalue weighted by atomic mass is 16.5. The second-order valence-corrected chi connectivity index (χ2v) is 7.18. The lowest BCUT2D eigenvalue weighted by molar-refractivity contribution is 0.0582. The quantitative estimate of drug-likeness (QED) is 0.879. The average molecular weight is 379 g/mol. The van der Waals surface area contributed by atoms with E-state index >= 15 is 0 Å². The van der Waals surface area contributed by atoms with Crippen molar-refractivity contribution in [3.8, 4) is 5.75 Å². The van der Waals surface area contributed by atoms with Gasteiger partial charge in [-0.15, -0.1) is 0 Å². The summed E-state index contributed by atoms with van der Waals surface area (Å²) in [6, 6.07) is 12.6. The monoisotopic (exact) mass is 379 g/mol. The van der Waals surface area contributed by atoms with Crippen molar-refractivity contribution in [1.29, 1.82) is 0 Å². The topological polar surface area (TPSA) is 61.9 Å². The van der Waals surface area contributed by atoms with E-state index in [1.54, 1.807) is 25.3 Å². The lowest BCUT2D eigenvalue weighted by Gasteiger charge is -2.47. The highest BCUT2D eigenvalue weighted by Crippen LogP contribution is 2.35. The van der Waals surface area contributed by atoms with Gasteiger partial charge < -0.3 is 19.9 Å². The molecule has 146 valence electrons. The number of ether oxygens (including phenoxy) is 1. The summed E-state index contributed by atoms with van der Waals surface area (Å²) in [4.78, 5) is 30.0. The number of carbonyl (C=O) groups is 2. The Morgan fingerprint density at radius 2 is 2.07 bits per heavy atom. The minimum Gasteiger partial charge on any atom is -0.497 e. The molecule has 1 unspecified atom stereocenters. The smallest absolute Gasteiger partial charge is 0.257 e. The number of piperidine rings is 1. The van der Waals surface area contributed by atoms with Gasteiger partial charge in [0.1, 0.15) is 11.9 Å². The van der Waals surface area contributed by atoms with Crippen molar-refractivity contribution in [1.82, 2.24) is 4.90 Å². The summed E-state index contributed by atoms with van der Waals surface area (Å²) in [6.45, 7) is 3.69. The third-order valence-corrected chi connectivity index (χ3v) is 5.56. The van der Waals surface area contributed by atoms with E-state index in [1.165, 1.54) is 0 Å². The van der Waals surface area contributed by atoms with E-state index in [-0.39, 0.29) is 18.0 Å². The molecule has 4 rings (SSSR count). The van der Waals surface area contributed by atoms with Crippen LogP contribution in [-0.2, 0) is 0 Å². The highest BCUT2D eigenvalue weighted by molar-refractivity contribution is 6.08. The lowest BCUT2D eigenvalue weighted by Crippen LogP contribution is -2.57. The van der Waals surface area contributed by atoms with Crippen molar-refractivity contribution in [2.24, 2.45) is 0 Å². The van der Waals surface area contributed by atoms with E-state index < -0.39 is 0 Å². The summed E-state index contributed by atoms with van der Waals surface area (Å²) in [5, 5.41) is 2.91. The van der Waals surface area contributed by atoms with E-state index in [4.69, 9.17) is 4.74 Å². The molecule has 0 aliphatic carbocycles. The van der Waals surface area contributed by atoms with Gasteiger partial charge in [-0.3, -0.25) is 9.59 Å². The maximum atomic E-state index is 12.9. The van der Waals surface area contributed by atoms with E-state index in [9.17, 15) is 9.59 Å². The minimum absolute atomic E-state index is 0.0733. The van der Waals surface area contributed by atoms with Crippen molar-refractivity contribution in [2.75, 3.05) is 30.4 Å². The Hall–Kier alpha value is -3.02. The van der Waals surface area contributed by atoms with E-state index in [0.717, 1.165) is 38.0 Å². The second-order valence-electron chi connectivity index (χ2n) is 7.18. The first-order valence-electron chi connectivity index (χ1n) is 9.79. The fraction of sp³-hybridized carbons (Fsp3) is 0.364. The predicted octanol–water partition coefficient (Wildman–Crippen LogP) is 3.74. The van der Waals surface area contributed by atoms with Gasteiger partial charge >= 0.3 is 0 Å². The van der Waals surface area contributed by atoms with Crippen LogP contribution < -0.4 is 15.0 Å². The zero-order chi connectivity index (χ0) is 19.7. The predicted molar refractivity (Wildman–Crippen MR) is 109 cm³/mol. The molecule has 1 N–H and O–H groups in total. The number of nitrogens with one attached hydrogen (secondary N) is 1. The van der Waals surface area contributed by atoms with Gasteiger partial charge in [0.05, 0.1) is 18.4 Å². The summed E-state index contributed by atoms with van der Waals surface area (Å²) in [6.07, 6.45) is 3.24. The van der Waals surface area contributed by atoms with E-state index in [2.05, 4.69) is 17.1 Å². The molecule has 28 heavy (non-hydrogen) atoms. The Bertz CT molecular complexity index is 912. The molecule has 6 heteroatoms. The molecular weight excluding hydrogens is 354 g/mol. The number of methoxy groups -OCH3 is 1.